The van der Waals surface area contributed by atoms with E-state index in [1.54, 1.807) is 0 Å². The molecule has 0 aromatic heterocycles. The first kappa shape index (κ1) is 9.30. The molecule has 7 heteroatoms. The van der Waals surface area contributed by atoms with Crippen LogP contribution in [0.2, 0.25) is 0 Å². The molecule has 1 aliphatic rings. The zero-order valence-electron chi connectivity index (χ0n) is 5.80. The molecule has 1 rings (SSSR count). The van der Waals surface area contributed by atoms with E-state index in [0.717, 1.165) is 0 Å². The minimum atomic E-state index is -1.46. The van der Waals surface area contributed by atoms with E-state index in [9.17, 15) is 0 Å². The first-order chi connectivity index (χ1) is 5.33. The Bertz CT molecular complexity index is 115. The van der Waals surface area contributed by atoms with E-state index in [2.05, 4.69) is 27.1 Å². The molecule has 1 N–H and O–H groups in total. The molecule has 0 saturated carbocycles. The fraction of sp³-hybridized carbons (Fsp3) is 1.00. The van der Waals surface area contributed by atoms with Crippen LogP contribution in [-0.4, -0.2) is 30.8 Å². The van der Waals surface area contributed by atoms with Gasteiger partial charge in [-0.25, -0.2) is 19.4 Å². The smallest absolute Gasteiger partial charge is 0.399 e. The van der Waals surface area contributed by atoms with Gasteiger partial charge in [-0.05, 0) is 12.2 Å². The van der Waals surface area contributed by atoms with Gasteiger partial charge in [0.05, 0.1) is 0 Å². The molecule has 0 bridgehead atoms. The van der Waals surface area contributed by atoms with Crippen molar-refractivity contribution in [3.8, 4) is 0 Å². The average molecular weight is 180 g/mol. The maximum absolute atomic E-state index is 8.66. The van der Waals surface area contributed by atoms with Crippen molar-refractivity contribution in [1.82, 2.24) is 0 Å². The number of hydrogen-bond donors (Lipinski definition) is 2. The number of thiol groups is 1. The van der Waals surface area contributed by atoms with Gasteiger partial charge in [0.15, 0.2) is 0 Å². The van der Waals surface area contributed by atoms with Crippen LogP contribution in [0.4, 0.5) is 0 Å². The molecule has 0 aliphatic carbocycles. The molecule has 0 amide bonds. The maximum Gasteiger partial charge on any atom is 0.694 e. The lowest BCUT2D eigenvalue weighted by Crippen LogP contribution is -2.21. The van der Waals surface area contributed by atoms with Crippen molar-refractivity contribution in [1.29, 1.82) is 0 Å². The van der Waals surface area contributed by atoms with Gasteiger partial charge < -0.3 is 5.02 Å². The molecule has 11 heavy (non-hydrogen) atoms. The molecule has 1 unspecified atom stereocenters. The van der Waals surface area contributed by atoms with Gasteiger partial charge in [0.25, 0.3) is 0 Å². The summed E-state index contributed by atoms with van der Waals surface area (Å²) in [7, 11) is -1.46. The predicted octanol–water partition coefficient (Wildman–Crippen LogP) is -0.438. The normalized spacial score (nSPS) is 26.7. The van der Waals surface area contributed by atoms with E-state index in [4.69, 9.17) is 9.91 Å². The van der Waals surface area contributed by atoms with Crippen molar-refractivity contribution < 1.29 is 24.4 Å². The summed E-state index contributed by atoms with van der Waals surface area (Å²) in [6.07, 6.45) is 0.448. The van der Waals surface area contributed by atoms with Crippen molar-refractivity contribution in [2.75, 3.05) is 12.4 Å². The molecule has 0 radical (unpaired) electrons. The van der Waals surface area contributed by atoms with E-state index < -0.39 is 7.32 Å². The minimum Gasteiger partial charge on any atom is -0.399 e. The Morgan fingerprint density at radius 1 is 1.55 bits per heavy atom. The summed E-state index contributed by atoms with van der Waals surface area (Å²) in [4.78, 5) is 17.8. The molecule has 0 aromatic carbocycles. The van der Waals surface area contributed by atoms with Gasteiger partial charge in [-0.2, -0.15) is 12.6 Å². The van der Waals surface area contributed by atoms with Crippen molar-refractivity contribution in [3.63, 3.8) is 0 Å². The molecule has 64 valence electrons. The molecule has 0 spiro atoms. The van der Waals surface area contributed by atoms with Crippen molar-refractivity contribution in [3.05, 3.63) is 0 Å². The Morgan fingerprint density at radius 3 is 3.09 bits per heavy atom. The van der Waals surface area contributed by atoms with Crippen LogP contribution in [0.3, 0.4) is 0 Å². The fourth-order valence-corrected chi connectivity index (χ4v) is 0.907. The topological polar surface area (TPSA) is 57.2 Å². The zero-order valence-corrected chi connectivity index (χ0v) is 6.70. The molecule has 1 atom stereocenters. The van der Waals surface area contributed by atoms with Gasteiger partial charge in [-0.3, -0.25) is 0 Å². The fourth-order valence-electron chi connectivity index (χ4n) is 0.619. The third kappa shape index (κ3) is 3.41. The lowest BCUT2D eigenvalue weighted by Gasteiger charge is -2.08. The summed E-state index contributed by atoms with van der Waals surface area (Å²) in [5, 5.41) is 8.66. The van der Waals surface area contributed by atoms with Crippen LogP contribution in [-0.2, 0) is 19.4 Å². The van der Waals surface area contributed by atoms with E-state index in [0.29, 0.717) is 12.2 Å². The van der Waals surface area contributed by atoms with Crippen LogP contribution < -0.4 is 0 Å². The second-order valence-corrected chi connectivity index (χ2v) is 2.46. The lowest BCUT2D eigenvalue weighted by atomic mass is 10.3. The first-order valence-corrected chi connectivity index (χ1v) is 3.85. The lowest BCUT2D eigenvalue weighted by molar-refractivity contribution is -0.258. The van der Waals surface area contributed by atoms with Crippen LogP contribution in [0, 0.1) is 0 Å². The zero-order chi connectivity index (χ0) is 8.10. The third-order valence-electron chi connectivity index (χ3n) is 1.13. The highest BCUT2D eigenvalue weighted by Gasteiger charge is 2.26. The third-order valence-corrected chi connectivity index (χ3v) is 1.39. The van der Waals surface area contributed by atoms with Gasteiger partial charge in [-0.1, -0.05) is 0 Å². The Balaban J connectivity index is 2.22. The van der Waals surface area contributed by atoms with Gasteiger partial charge in [-0.15, -0.1) is 0 Å². The summed E-state index contributed by atoms with van der Waals surface area (Å²) < 4.78 is 0. The summed E-state index contributed by atoms with van der Waals surface area (Å²) in [5.41, 5.74) is 0. The largest absolute Gasteiger partial charge is 0.694 e. The Kier molecular flexibility index (Phi) is 4.20. The molecule has 1 aliphatic heterocycles. The van der Waals surface area contributed by atoms with Crippen LogP contribution >= 0.6 is 12.6 Å². The second kappa shape index (κ2) is 4.97. The number of rotatable bonds is 2. The quantitative estimate of drug-likeness (QED) is 0.342. The SMILES string of the molecule is OB1OOCC(CCS)OO1. The molecule has 5 nitrogen and oxygen atoms in total. The van der Waals surface area contributed by atoms with Crippen molar-refractivity contribution >= 4 is 20.0 Å². The second-order valence-electron chi connectivity index (χ2n) is 2.01. The van der Waals surface area contributed by atoms with E-state index in [-0.39, 0.29) is 12.7 Å². The standard InChI is InChI=1S/C4H9BO5S/c6-5-9-7-3-4(1-2-11)8-10-5/h4,6,11H,1-3H2. The van der Waals surface area contributed by atoms with Crippen LogP contribution in [0.25, 0.3) is 0 Å². The van der Waals surface area contributed by atoms with E-state index in [1.165, 1.54) is 0 Å². The van der Waals surface area contributed by atoms with Gasteiger partial charge in [0, 0.05) is 0 Å². The van der Waals surface area contributed by atoms with Crippen LogP contribution in [0.15, 0.2) is 0 Å². The monoisotopic (exact) mass is 180 g/mol. The Hall–Kier alpha value is 0.215. The maximum atomic E-state index is 8.66. The van der Waals surface area contributed by atoms with Crippen LogP contribution in [0.1, 0.15) is 6.42 Å². The molecule has 1 fully saturated rings. The van der Waals surface area contributed by atoms with Gasteiger partial charge in [0.1, 0.15) is 12.7 Å². The minimum absolute atomic E-state index is 0.232. The van der Waals surface area contributed by atoms with Crippen molar-refractivity contribution in [2.24, 2.45) is 0 Å². The highest BCUT2D eigenvalue weighted by atomic mass is 32.1. The highest BCUT2D eigenvalue weighted by Crippen LogP contribution is 2.07. The summed E-state index contributed by atoms with van der Waals surface area (Å²) in [6.45, 7) is 0.234. The van der Waals surface area contributed by atoms with E-state index >= 15 is 0 Å². The summed E-state index contributed by atoms with van der Waals surface area (Å²) >= 11 is 3.99. The summed E-state index contributed by atoms with van der Waals surface area (Å²) in [6, 6.07) is 0. The highest BCUT2D eigenvalue weighted by molar-refractivity contribution is 7.80. The Morgan fingerprint density at radius 2 is 2.36 bits per heavy atom. The molecule has 1 heterocycles. The Labute approximate surface area is 70.0 Å². The first-order valence-electron chi connectivity index (χ1n) is 3.22. The van der Waals surface area contributed by atoms with Gasteiger partial charge >= 0.3 is 7.32 Å². The summed E-state index contributed by atoms with van der Waals surface area (Å²) in [5.74, 6) is 0.660. The molecular formula is C4H9BO5S. The van der Waals surface area contributed by atoms with Gasteiger partial charge in [0.2, 0.25) is 0 Å². The van der Waals surface area contributed by atoms with Crippen LogP contribution in [0.5, 0.6) is 0 Å². The predicted molar refractivity (Wildman–Crippen MR) is 39.4 cm³/mol. The molecular weight excluding hydrogens is 171 g/mol. The van der Waals surface area contributed by atoms with E-state index in [1.807, 2.05) is 0 Å². The molecule has 0 aromatic rings. The molecule has 1 saturated heterocycles. The average Bonchev–Trinajstić information content (AvgIpc) is 2.17. The number of hydrogen-bond acceptors (Lipinski definition) is 6. The van der Waals surface area contributed by atoms with Crippen molar-refractivity contribution in [2.45, 2.75) is 12.5 Å².